The highest BCUT2D eigenvalue weighted by molar-refractivity contribution is 5.63. The Balaban J connectivity index is 2.48. The zero-order valence-electron chi connectivity index (χ0n) is 8.45. The molecule has 0 atom stereocenters. The van der Waals surface area contributed by atoms with Crippen molar-refractivity contribution < 1.29 is 8.78 Å². The molecule has 2 aromatic rings. The van der Waals surface area contributed by atoms with Crippen LogP contribution < -0.4 is 5.73 Å². The van der Waals surface area contributed by atoms with Crippen LogP contribution in [0.15, 0.2) is 36.5 Å². The fraction of sp³-hybridized carbons (Fsp3) is 0.0833. The lowest BCUT2D eigenvalue weighted by Crippen LogP contribution is -1.97. The van der Waals surface area contributed by atoms with Crippen LogP contribution in [0.5, 0.6) is 0 Å². The number of halogens is 2. The maximum absolute atomic E-state index is 13.7. The van der Waals surface area contributed by atoms with Crippen LogP contribution in [0, 0.1) is 11.8 Å². The molecular formula is C12H10F2N2. The lowest BCUT2D eigenvalue weighted by atomic mass is 10.0. The number of aromatic nitrogens is 1. The average Bonchev–Trinajstić information content (AvgIpc) is 2.28. The Kier molecular flexibility index (Phi) is 2.92. The fourth-order valence-electron chi connectivity index (χ4n) is 1.49. The molecule has 16 heavy (non-hydrogen) atoms. The van der Waals surface area contributed by atoms with Gasteiger partial charge in [-0.15, -0.1) is 0 Å². The van der Waals surface area contributed by atoms with Gasteiger partial charge in [0.1, 0.15) is 5.82 Å². The van der Waals surface area contributed by atoms with E-state index in [1.54, 1.807) is 18.2 Å². The number of pyridine rings is 1. The Labute approximate surface area is 91.7 Å². The van der Waals surface area contributed by atoms with Gasteiger partial charge in [-0.05, 0) is 23.3 Å². The Morgan fingerprint density at radius 2 is 1.94 bits per heavy atom. The van der Waals surface area contributed by atoms with Crippen LogP contribution in [0.3, 0.4) is 0 Å². The van der Waals surface area contributed by atoms with Crippen LogP contribution in [0.4, 0.5) is 8.78 Å². The van der Waals surface area contributed by atoms with Gasteiger partial charge in [0, 0.05) is 24.4 Å². The van der Waals surface area contributed by atoms with E-state index in [2.05, 4.69) is 4.98 Å². The first-order chi connectivity index (χ1) is 7.70. The van der Waals surface area contributed by atoms with Crippen LogP contribution >= 0.6 is 0 Å². The molecule has 0 saturated heterocycles. The van der Waals surface area contributed by atoms with Gasteiger partial charge in [-0.25, -0.2) is 9.37 Å². The van der Waals surface area contributed by atoms with E-state index in [-0.39, 0.29) is 6.54 Å². The summed E-state index contributed by atoms with van der Waals surface area (Å²) in [5.74, 6) is -1.03. The summed E-state index contributed by atoms with van der Waals surface area (Å²) in [5.41, 5.74) is 6.91. The van der Waals surface area contributed by atoms with Crippen LogP contribution in [-0.4, -0.2) is 4.98 Å². The van der Waals surface area contributed by atoms with E-state index in [4.69, 9.17) is 5.73 Å². The number of rotatable bonds is 2. The summed E-state index contributed by atoms with van der Waals surface area (Å²) >= 11 is 0. The molecule has 0 saturated carbocycles. The molecule has 0 fully saturated rings. The maximum Gasteiger partial charge on any atom is 0.213 e. The second-order valence-electron chi connectivity index (χ2n) is 3.39. The van der Waals surface area contributed by atoms with Gasteiger partial charge in [0.15, 0.2) is 0 Å². The van der Waals surface area contributed by atoms with Crippen LogP contribution in [-0.2, 0) is 6.54 Å². The van der Waals surface area contributed by atoms with Crippen LogP contribution in [0.1, 0.15) is 5.56 Å². The second kappa shape index (κ2) is 4.37. The topological polar surface area (TPSA) is 38.9 Å². The van der Waals surface area contributed by atoms with Crippen molar-refractivity contribution in [3.05, 3.63) is 53.9 Å². The normalized spacial score (nSPS) is 10.4. The third-order valence-corrected chi connectivity index (χ3v) is 2.31. The average molecular weight is 220 g/mol. The molecular weight excluding hydrogens is 210 g/mol. The molecule has 1 aromatic carbocycles. The molecule has 2 N–H and O–H groups in total. The largest absolute Gasteiger partial charge is 0.326 e. The van der Waals surface area contributed by atoms with Gasteiger partial charge >= 0.3 is 0 Å². The molecule has 0 unspecified atom stereocenters. The lowest BCUT2D eigenvalue weighted by Gasteiger charge is -2.05. The van der Waals surface area contributed by atoms with Crippen molar-refractivity contribution in [1.29, 1.82) is 0 Å². The maximum atomic E-state index is 13.7. The monoisotopic (exact) mass is 220 g/mol. The quantitative estimate of drug-likeness (QED) is 0.790. The first-order valence-electron chi connectivity index (χ1n) is 4.81. The molecule has 0 spiro atoms. The minimum atomic E-state index is -0.625. The highest BCUT2D eigenvalue weighted by atomic mass is 19.1. The van der Waals surface area contributed by atoms with Crippen LogP contribution in [0.25, 0.3) is 11.1 Å². The van der Waals surface area contributed by atoms with Crippen molar-refractivity contribution in [1.82, 2.24) is 4.98 Å². The number of hydrogen-bond donors (Lipinski definition) is 1. The molecule has 0 aliphatic rings. The van der Waals surface area contributed by atoms with Crippen molar-refractivity contribution >= 4 is 0 Å². The van der Waals surface area contributed by atoms with Crippen LogP contribution in [0.2, 0.25) is 0 Å². The molecule has 1 aromatic heterocycles. The third-order valence-electron chi connectivity index (χ3n) is 2.31. The molecule has 4 heteroatoms. The van der Waals surface area contributed by atoms with E-state index >= 15 is 0 Å². The van der Waals surface area contributed by atoms with E-state index < -0.39 is 11.8 Å². The Bertz CT molecular complexity index is 512. The summed E-state index contributed by atoms with van der Waals surface area (Å²) in [6.07, 6.45) is 1.31. The van der Waals surface area contributed by atoms with Crippen molar-refractivity contribution in [3.63, 3.8) is 0 Å². The number of hydrogen-bond acceptors (Lipinski definition) is 2. The van der Waals surface area contributed by atoms with Gasteiger partial charge in [-0.2, -0.15) is 4.39 Å². The minimum absolute atomic E-state index is 0.280. The van der Waals surface area contributed by atoms with Crippen molar-refractivity contribution in [2.24, 2.45) is 5.73 Å². The minimum Gasteiger partial charge on any atom is -0.326 e. The van der Waals surface area contributed by atoms with E-state index in [1.165, 1.54) is 18.3 Å². The highest BCUT2D eigenvalue weighted by Gasteiger charge is 2.06. The van der Waals surface area contributed by atoms with Gasteiger partial charge < -0.3 is 5.73 Å². The zero-order chi connectivity index (χ0) is 11.5. The SMILES string of the molecule is NCc1ccc(-c2ccnc(F)c2)c(F)c1. The molecule has 0 amide bonds. The standard InChI is InChI=1S/C12H10F2N2/c13-11-5-8(7-15)1-2-10(11)9-3-4-16-12(14)6-9/h1-6H,7,15H2. The van der Waals surface area contributed by atoms with Gasteiger partial charge in [0.05, 0.1) is 0 Å². The van der Waals surface area contributed by atoms with Gasteiger partial charge in [0.25, 0.3) is 0 Å². The summed E-state index contributed by atoms with van der Waals surface area (Å²) in [5, 5.41) is 0. The highest BCUT2D eigenvalue weighted by Crippen LogP contribution is 2.23. The second-order valence-corrected chi connectivity index (χ2v) is 3.39. The molecule has 0 aliphatic heterocycles. The molecule has 0 bridgehead atoms. The predicted molar refractivity (Wildman–Crippen MR) is 57.5 cm³/mol. The summed E-state index contributed by atoms with van der Waals surface area (Å²) in [6, 6.07) is 7.42. The summed E-state index contributed by atoms with van der Waals surface area (Å²) in [6.45, 7) is 0.280. The molecule has 82 valence electrons. The smallest absolute Gasteiger partial charge is 0.213 e. The van der Waals surface area contributed by atoms with E-state index in [9.17, 15) is 8.78 Å². The number of benzene rings is 1. The summed E-state index contributed by atoms with van der Waals surface area (Å²) in [4.78, 5) is 3.42. The number of nitrogens with zero attached hydrogens (tertiary/aromatic N) is 1. The van der Waals surface area contributed by atoms with Crippen molar-refractivity contribution in [2.75, 3.05) is 0 Å². The molecule has 0 radical (unpaired) electrons. The summed E-state index contributed by atoms with van der Waals surface area (Å²) < 4.78 is 26.5. The summed E-state index contributed by atoms with van der Waals surface area (Å²) in [7, 11) is 0. The predicted octanol–water partition coefficient (Wildman–Crippen LogP) is 2.49. The van der Waals surface area contributed by atoms with E-state index in [0.717, 1.165) is 0 Å². The van der Waals surface area contributed by atoms with E-state index in [1.807, 2.05) is 0 Å². The fourth-order valence-corrected chi connectivity index (χ4v) is 1.49. The Morgan fingerprint density at radius 3 is 2.56 bits per heavy atom. The zero-order valence-corrected chi connectivity index (χ0v) is 8.45. The van der Waals surface area contributed by atoms with Crippen molar-refractivity contribution in [2.45, 2.75) is 6.54 Å². The lowest BCUT2D eigenvalue weighted by molar-refractivity contribution is 0.584. The molecule has 2 nitrogen and oxygen atoms in total. The molecule has 0 aliphatic carbocycles. The first kappa shape index (κ1) is 10.7. The Morgan fingerprint density at radius 1 is 1.12 bits per heavy atom. The molecule has 2 rings (SSSR count). The van der Waals surface area contributed by atoms with Gasteiger partial charge in [-0.3, -0.25) is 0 Å². The number of nitrogens with two attached hydrogens (primary N) is 1. The van der Waals surface area contributed by atoms with Gasteiger partial charge in [-0.1, -0.05) is 12.1 Å². The first-order valence-corrected chi connectivity index (χ1v) is 4.81. The third kappa shape index (κ3) is 2.06. The van der Waals surface area contributed by atoms with E-state index in [0.29, 0.717) is 16.7 Å². The van der Waals surface area contributed by atoms with Gasteiger partial charge in [0.2, 0.25) is 5.95 Å². The van der Waals surface area contributed by atoms with Crippen molar-refractivity contribution in [3.8, 4) is 11.1 Å². The Hall–Kier alpha value is -1.81. The molecule has 1 heterocycles.